The molecule has 1 fully saturated rings. The summed E-state index contributed by atoms with van der Waals surface area (Å²) < 4.78 is 24.0. The number of ketones is 1. The lowest BCUT2D eigenvalue weighted by molar-refractivity contribution is -0.135. The molecule has 0 aromatic heterocycles. The van der Waals surface area contributed by atoms with E-state index in [9.17, 15) is 13.6 Å². The Labute approximate surface area is 69.7 Å². The van der Waals surface area contributed by atoms with Crippen LogP contribution < -0.4 is 5.32 Å². The van der Waals surface area contributed by atoms with Crippen LogP contribution in [0.15, 0.2) is 0 Å². The molecule has 3 nitrogen and oxygen atoms in total. The summed E-state index contributed by atoms with van der Waals surface area (Å²) in [7, 11) is 1.69. The normalized spacial score (nSPS) is 26.2. The number of Topliss-reactive ketones (excluding diaryl/α,β-unsaturated/α-hetero) is 1. The number of hydrogen-bond acceptors (Lipinski definition) is 3. The third-order valence-electron chi connectivity index (χ3n) is 2.05. The molecule has 1 heterocycles. The van der Waals surface area contributed by atoms with Crippen molar-refractivity contribution in [2.45, 2.75) is 12.5 Å². The van der Waals surface area contributed by atoms with E-state index in [-0.39, 0.29) is 0 Å². The predicted octanol–water partition coefficient (Wildman–Crippen LogP) is -0.276. The Morgan fingerprint density at radius 3 is 2.83 bits per heavy atom. The van der Waals surface area contributed by atoms with Gasteiger partial charge in [0.25, 0.3) is 6.43 Å². The van der Waals surface area contributed by atoms with Crippen LogP contribution in [0.3, 0.4) is 0 Å². The average Bonchev–Trinajstić information content (AvgIpc) is 2.04. The van der Waals surface area contributed by atoms with Gasteiger partial charge in [0.15, 0.2) is 0 Å². The zero-order chi connectivity index (χ0) is 9.14. The molecule has 0 spiro atoms. The summed E-state index contributed by atoms with van der Waals surface area (Å²) in [4.78, 5) is 12.5. The predicted molar refractivity (Wildman–Crippen MR) is 40.3 cm³/mol. The number of rotatable bonds is 2. The number of hydrogen-bond donors (Lipinski definition) is 1. The van der Waals surface area contributed by atoms with Crippen molar-refractivity contribution in [1.82, 2.24) is 10.2 Å². The maximum absolute atomic E-state index is 12.0. The van der Waals surface area contributed by atoms with Crippen LogP contribution in [0.5, 0.6) is 0 Å². The number of nitrogens with zero attached hydrogens (tertiary/aromatic N) is 1. The first kappa shape index (κ1) is 9.54. The van der Waals surface area contributed by atoms with Crippen LogP contribution in [-0.2, 0) is 4.79 Å². The highest BCUT2D eigenvalue weighted by Gasteiger charge is 2.31. The number of halogens is 2. The highest BCUT2D eigenvalue weighted by atomic mass is 19.3. The second kappa shape index (κ2) is 3.91. The minimum Gasteiger partial charge on any atom is -0.313 e. The van der Waals surface area contributed by atoms with Crippen LogP contribution in [0.2, 0.25) is 0 Å². The molecule has 0 saturated carbocycles. The molecule has 0 bridgehead atoms. The first-order valence-electron chi connectivity index (χ1n) is 3.85. The van der Waals surface area contributed by atoms with Crippen LogP contribution in [-0.4, -0.2) is 49.8 Å². The number of nitrogens with one attached hydrogen (secondary N) is 1. The Balaban J connectivity index is 2.53. The van der Waals surface area contributed by atoms with Gasteiger partial charge in [0.2, 0.25) is 5.78 Å². The fourth-order valence-electron chi connectivity index (χ4n) is 1.27. The van der Waals surface area contributed by atoms with Crippen LogP contribution in [0.1, 0.15) is 0 Å². The molecule has 1 saturated heterocycles. The molecular formula is C7H12F2N2O. The van der Waals surface area contributed by atoms with Crippen molar-refractivity contribution in [2.75, 3.05) is 26.7 Å². The molecule has 1 aliphatic rings. The lowest BCUT2D eigenvalue weighted by Crippen LogP contribution is -2.54. The van der Waals surface area contributed by atoms with E-state index in [1.54, 1.807) is 11.9 Å². The van der Waals surface area contributed by atoms with Gasteiger partial charge in [-0.2, -0.15) is 0 Å². The smallest absolute Gasteiger partial charge is 0.297 e. The van der Waals surface area contributed by atoms with Gasteiger partial charge in [0.05, 0.1) is 6.04 Å². The van der Waals surface area contributed by atoms with Gasteiger partial charge < -0.3 is 5.32 Å². The maximum Gasteiger partial charge on any atom is 0.297 e. The summed E-state index contributed by atoms with van der Waals surface area (Å²) in [6.45, 7) is 1.73. The van der Waals surface area contributed by atoms with Gasteiger partial charge in [-0.25, -0.2) is 8.78 Å². The Morgan fingerprint density at radius 2 is 2.33 bits per heavy atom. The first-order valence-corrected chi connectivity index (χ1v) is 3.85. The Morgan fingerprint density at radius 1 is 1.67 bits per heavy atom. The molecule has 0 aliphatic carbocycles. The summed E-state index contributed by atoms with van der Waals surface area (Å²) in [6, 6.07) is -0.654. The quantitative estimate of drug-likeness (QED) is 0.631. The molecule has 0 aromatic carbocycles. The molecular weight excluding hydrogens is 166 g/mol. The van der Waals surface area contributed by atoms with Crippen molar-refractivity contribution in [1.29, 1.82) is 0 Å². The number of alkyl halides is 2. The van der Waals surface area contributed by atoms with Crippen LogP contribution in [0, 0.1) is 0 Å². The first-order chi connectivity index (χ1) is 5.63. The maximum atomic E-state index is 12.0. The van der Waals surface area contributed by atoms with Gasteiger partial charge in [0, 0.05) is 19.6 Å². The van der Waals surface area contributed by atoms with E-state index in [2.05, 4.69) is 5.32 Å². The summed E-state index contributed by atoms with van der Waals surface area (Å²) in [6.07, 6.45) is -2.85. The summed E-state index contributed by atoms with van der Waals surface area (Å²) in [5.41, 5.74) is 0. The molecule has 0 radical (unpaired) electrons. The molecule has 1 N–H and O–H groups in total. The Hall–Kier alpha value is -0.550. The lowest BCUT2D eigenvalue weighted by atomic mass is 10.1. The van der Waals surface area contributed by atoms with Gasteiger partial charge in [-0.05, 0) is 7.05 Å². The average molecular weight is 178 g/mol. The van der Waals surface area contributed by atoms with E-state index in [0.717, 1.165) is 6.54 Å². The van der Waals surface area contributed by atoms with E-state index in [4.69, 9.17) is 0 Å². The van der Waals surface area contributed by atoms with Crippen molar-refractivity contribution in [2.24, 2.45) is 0 Å². The topological polar surface area (TPSA) is 32.3 Å². The molecule has 12 heavy (non-hydrogen) atoms. The number of carbonyl (C=O) groups is 1. The van der Waals surface area contributed by atoms with E-state index < -0.39 is 18.3 Å². The van der Waals surface area contributed by atoms with Crippen LogP contribution in [0.25, 0.3) is 0 Å². The minimum absolute atomic E-state index is 0.333. The fourth-order valence-corrected chi connectivity index (χ4v) is 1.27. The third-order valence-corrected chi connectivity index (χ3v) is 2.05. The molecule has 0 aromatic rings. The third kappa shape index (κ3) is 1.98. The highest BCUT2D eigenvalue weighted by molar-refractivity contribution is 5.87. The number of piperazine rings is 1. The van der Waals surface area contributed by atoms with Crippen molar-refractivity contribution in [3.05, 3.63) is 0 Å². The molecule has 1 rings (SSSR count). The van der Waals surface area contributed by atoms with Crippen molar-refractivity contribution >= 4 is 5.78 Å². The van der Waals surface area contributed by atoms with E-state index in [0.29, 0.717) is 13.1 Å². The highest BCUT2D eigenvalue weighted by Crippen LogP contribution is 2.06. The zero-order valence-electron chi connectivity index (χ0n) is 6.89. The summed E-state index contributed by atoms with van der Waals surface area (Å²) in [5.74, 6) is -0.982. The monoisotopic (exact) mass is 178 g/mol. The molecule has 1 aliphatic heterocycles. The SMILES string of the molecule is CN1CCNCC1C(=O)C(F)F. The molecule has 5 heteroatoms. The Kier molecular flexibility index (Phi) is 3.11. The molecule has 70 valence electrons. The van der Waals surface area contributed by atoms with Crippen molar-refractivity contribution in [3.8, 4) is 0 Å². The Bertz CT molecular complexity index is 175. The van der Waals surface area contributed by atoms with Gasteiger partial charge in [-0.1, -0.05) is 0 Å². The largest absolute Gasteiger partial charge is 0.313 e. The minimum atomic E-state index is -2.85. The van der Waals surface area contributed by atoms with Crippen LogP contribution >= 0.6 is 0 Å². The number of likely N-dealkylation sites (N-methyl/N-ethyl adjacent to an activating group) is 1. The lowest BCUT2D eigenvalue weighted by Gasteiger charge is -2.31. The van der Waals surface area contributed by atoms with E-state index in [1.807, 2.05) is 0 Å². The molecule has 1 unspecified atom stereocenters. The van der Waals surface area contributed by atoms with E-state index >= 15 is 0 Å². The van der Waals surface area contributed by atoms with E-state index in [1.165, 1.54) is 0 Å². The summed E-state index contributed by atoms with van der Waals surface area (Å²) in [5, 5.41) is 2.91. The van der Waals surface area contributed by atoms with Crippen LogP contribution in [0.4, 0.5) is 8.78 Å². The zero-order valence-corrected chi connectivity index (χ0v) is 6.89. The fraction of sp³-hybridized carbons (Fsp3) is 0.857. The van der Waals surface area contributed by atoms with Gasteiger partial charge >= 0.3 is 0 Å². The standard InChI is InChI=1S/C7H12F2N2O/c1-11-3-2-10-4-5(11)6(12)7(8)9/h5,7,10H,2-4H2,1H3. The van der Waals surface area contributed by atoms with Crippen molar-refractivity contribution in [3.63, 3.8) is 0 Å². The molecule has 1 atom stereocenters. The second-order valence-corrected chi connectivity index (χ2v) is 2.90. The van der Waals surface area contributed by atoms with Gasteiger partial charge in [-0.3, -0.25) is 9.69 Å². The second-order valence-electron chi connectivity index (χ2n) is 2.90. The van der Waals surface area contributed by atoms with Crippen molar-refractivity contribution < 1.29 is 13.6 Å². The summed E-state index contributed by atoms with van der Waals surface area (Å²) >= 11 is 0. The van der Waals surface area contributed by atoms with Gasteiger partial charge in [0.1, 0.15) is 0 Å². The number of carbonyl (C=O) groups excluding carboxylic acids is 1. The molecule has 0 amide bonds. The van der Waals surface area contributed by atoms with Gasteiger partial charge in [-0.15, -0.1) is 0 Å².